The molecule has 0 amide bonds. The number of imidazole rings is 1. The van der Waals surface area contributed by atoms with Gasteiger partial charge in [-0.05, 0) is 38.1 Å². The number of aryl methyl sites for hydroxylation is 2. The molecule has 0 aliphatic carbocycles. The van der Waals surface area contributed by atoms with Crippen molar-refractivity contribution in [3.63, 3.8) is 0 Å². The average molecular weight is 328 g/mol. The minimum atomic E-state index is -3.61. The molecule has 2 heterocycles. The predicted octanol–water partition coefficient (Wildman–Crippen LogP) is 2.68. The molecule has 0 fully saturated rings. The Morgan fingerprint density at radius 2 is 1.74 bits per heavy atom. The monoisotopic (exact) mass is 328 g/mol. The fourth-order valence-corrected chi connectivity index (χ4v) is 3.18. The first-order chi connectivity index (χ1) is 11.0. The van der Waals surface area contributed by atoms with Gasteiger partial charge in [0.1, 0.15) is 11.6 Å². The largest absolute Gasteiger partial charge is 0.288 e. The standard InChI is InChI=1S/C16H16N4O2S/c1-12-3-6-15(7-4-12)23(21,22)19-14-5-8-16(18-11-14)20-10-9-17-13(20)2/h3-11,19H,1-2H3. The number of aromatic nitrogens is 3. The number of nitrogens with one attached hydrogen (secondary N) is 1. The lowest BCUT2D eigenvalue weighted by atomic mass is 10.2. The van der Waals surface area contributed by atoms with Gasteiger partial charge in [0.2, 0.25) is 0 Å². The van der Waals surface area contributed by atoms with Gasteiger partial charge in [-0.2, -0.15) is 0 Å². The van der Waals surface area contributed by atoms with Crippen LogP contribution in [-0.2, 0) is 10.0 Å². The lowest BCUT2D eigenvalue weighted by molar-refractivity contribution is 0.601. The molecule has 0 aliphatic heterocycles. The zero-order chi connectivity index (χ0) is 16.4. The van der Waals surface area contributed by atoms with Gasteiger partial charge < -0.3 is 0 Å². The van der Waals surface area contributed by atoms with E-state index in [1.165, 1.54) is 6.20 Å². The maximum absolute atomic E-state index is 12.3. The Balaban J connectivity index is 1.83. The van der Waals surface area contributed by atoms with Crippen LogP contribution in [0.15, 0.2) is 59.9 Å². The molecule has 1 N–H and O–H groups in total. The number of sulfonamides is 1. The number of pyridine rings is 1. The van der Waals surface area contributed by atoms with E-state index < -0.39 is 10.0 Å². The van der Waals surface area contributed by atoms with E-state index in [0.717, 1.165) is 11.4 Å². The molecule has 0 spiro atoms. The van der Waals surface area contributed by atoms with Gasteiger partial charge >= 0.3 is 0 Å². The van der Waals surface area contributed by atoms with Crippen molar-refractivity contribution >= 4 is 15.7 Å². The van der Waals surface area contributed by atoms with Gasteiger partial charge in [-0.1, -0.05) is 17.7 Å². The maximum Gasteiger partial charge on any atom is 0.261 e. The summed E-state index contributed by atoms with van der Waals surface area (Å²) in [6.07, 6.45) is 4.97. The van der Waals surface area contributed by atoms with Gasteiger partial charge in [0.05, 0.1) is 16.8 Å². The van der Waals surface area contributed by atoms with E-state index in [1.54, 1.807) is 48.8 Å². The Hall–Kier alpha value is -2.67. The van der Waals surface area contributed by atoms with E-state index in [1.807, 2.05) is 18.4 Å². The molecule has 0 atom stereocenters. The minimum Gasteiger partial charge on any atom is -0.288 e. The Morgan fingerprint density at radius 3 is 2.30 bits per heavy atom. The number of nitrogens with zero attached hydrogens (tertiary/aromatic N) is 3. The highest BCUT2D eigenvalue weighted by Gasteiger charge is 2.14. The number of anilines is 1. The number of rotatable bonds is 4. The highest BCUT2D eigenvalue weighted by Crippen LogP contribution is 2.17. The second-order valence-corrected chi connectivity index (χ2v) is 6.85. The quantitative estimate of drug-likeness (QED) is 0.799. The molecular weight excluding hydrogens is 312 g/mol. The van der Waals surface area contributed by atoms with Crippen molar-refractivity contribution in [1.29, 1.82) is 0 Å². The van der Waals surface area contributed by atoms with Crippen molar-refractivity contribution in [2.24, 2.45) is 0 Å². The third kappa shape index (κ3) is 3.24. The van der Waals surface area contributed by atoms with Gasteiger partial charge in [-0.3, -0.25) is 9.29 Å². The first-order valence-electron chi connectivity index (χ1n) is 7.01. The van der Waals surface area contributed by atoms with Gasteiger partial charge in [-0.15, -0.1) is 0 Å². The van der Waals surface area contributed by atoms with Crippen molar-refractivity contribution in [2.75, 3.05) is 4.72 Å². The summed E-state index contributed by atoms with van der Waals surface area (Å²) in [7, 11) is -3.61. The van der Waals surface area contributed by atoms with Crippen LogP contribution in [0.2, 0.25) is 0 Å². The summed E-state index contributed by atoms with van der Waals surface area (Å²) < 4.78 is 29.0. The summed E-state index contributed by atoms with van der Waals surface area (Å²) in [5, 5.41) is 0. The molecule has 0 bridgehead atoms. The third-order valence-electron chi connectivity index (χ3n) is 3.40. The first kappa shape index (κ1) is 15.2. The molecule has 0 saturated carbocycles. The molecule has 7 heteroatoms. The Morgan fingerprint density at radius 1 is 1.00 bits per heavy atom. The van der Waals surface area contributed by atoms with Crippen molar-refractivity contribution < 1.29 is 8.42 Å². The molecular formula is C16H16N4O2S. The summed E-state index contributed by atoms with van der Waals surface area (Å²) in [5.41, 5.74) is 1.41. The molecule has 0 unspecified atom stereocenters. The summed E-state index contributed by atoms with van der Waals surface area (Å²) >= 11 is 0. The van der Waals surface area contributed by atoms with E-state index in [4.69, 9.17) is 0 Å². The van der Waals surface area contributed by atoms with Crippen molar-refractivity contribution in [2.45, 2.75) is 18.7 Å². The van der Waals surface area contributed by atoms with Crippen LogP contribution in [0.1, 0.15) is 11.4 Å². The van der Waals surface area contributed by atoms with E-state index in [0.29, 0.717) is 11.5 Å². The lowest BCUT2D eigenvalue weighted by Crippen LogP contribution is -2.13. The van der Waals surface area contributed by atoms with E-state index in [9.17, 15) is 8.42 Å². The maximum atomic E-state index is 12.3. The summed E-state index contributed by atoms with van der Waals surface area (Å²) in [4.78, 5) is 8.62. The highest BCUT2D eigenvalue weighted by molar-refractivity contribution is 7.92. The normalized spacial score (nSPS) is 11.4. The fourth-order valence-electron chi connectivity index (χ4n) is 2.14. The molecule has 0 saturated heterocycles. The summed E-state index contributed by atoms with van der Waals surface area (Å²) in [5.74, 6) is 1.49. The van der Waals surface area contributed by atoms with Crippen molar-refractivity contribution in [3.8, 4) is 5.82 Å². The lowest BCUT2D eigenvalue weighted by Gasteiger charge is -2.09. The van der Waals surface area contributed by atoms with Crippen LogP contribution in [0.25, 0.3) is 5.82 Å². The highest BCUT2D eigenvalue weighted by atomic mass is 32.2. The van der Waals surface area contributed by atoms with E-state index in [2.05, 4.69) is 14.7 Å². The van der Waals surface area contributed by atoms with E-state index >= 15 is 0 Å². The molecule has 118 valence electrons. The van der Waals surface area contributed by atoms with Crippen LogP contribution >= 0.6 is 0 Å². The van der Waals surface area contributed by atoms with Gasteiger partial charge in [0.15, 0.2) is 0 Å². The zero-order valence-electron chi connectivity index (χ0n) is 12.8. The third-order valence-corrected chi connectivity index (χ3v) is 4.80. The number of hydrogen-bond donors (Lipinski definition) is 1. The topological polar surface area (TPSA) is 76.9 Å². The Labute approximate surface area is 134 Å². The molecule has 3 aromatic rings. The molecule has 0 radical (unpaired) electrons. The van der Waals surface area contributed by atoms with Crippen LogP contribution in [0.5, 0.6) is 0 Å². The molecule has 0 aliphatic rings. The first-order valence-corrected chi connectivity index (χ1v) is 8.50. The second kappa shape index (κ2) is 5.85. The Kier molecular flexibility index (Phi) is 3.87. The Bertz CT molecular complexity index is 913. The molecule has 3 rings (SSSR count). The van der Waals surface area contributed by atoms with Crippen LogP contribution in [0, 0.1) is 13.8 Å². The van der Waals surface area contributed by atoms with Crippen molar-refractivity contribution in [1.82, 2.24) is 14.5 Å². The molecule has 1 aromatic carbocycles. The van der Waals surface area contributed by atoms with Crippen LogP contribution in [0.3, 0.4) is 0 Å². The predicted molar refractivity (Wildman–Crippen MR) is 88.1 cm³/mol. The van der Waals surface area contributed by atoms with Crippen LogP contribution in [0.4, 0.5) is 5.69 Å². The van der Waals surface area contributed by atoms with Gasteiger partial charge in [-0.25, -0.2) is 18.4 Å². The molecule has 23 heavy (non-hydrogen) atoms. The van der Waals surface area contributed by atoms with Gasteiger partial charge in [0, 0.05) is 12.4 Å². The second-order valence-electron chi connectivity index (χ2n) is 5.17. The van der Waals surface area contributed by atoms with E-state index in [-0.39, 0.29) is 4.90 Å². The number of benzene rings is 1. The van der Waals surface area contributed by atoms with Gasteiger partial charge in [0.25, 0.3) is 10.0 Å². The smallest absolute Gasteiger partial charge is 0.261 e. The van der Waals surface area contributed by atoms with Crippen molar-refractivity contribution in [3.05, 3.63) is 66.4 Å². The zero-order valence-corrected chi connectivity index (χ0v) is 13.6. The SMILES string of the molecule is Cc1ccc(S(=O)(=O)Nc2ccc(-n3ccnc3C)nc2)cc1. The fraction of sp³-hybridized carbons (Fsp3) is 0.125. The van der Waals surface area contributed by atoms with Crippen LogP contribution in [-0.4, -0.2) is 23.0 Å². The van der Waals surface area contributed by atoms with Crippen LogP contribution < -0.4 is 4.72 Å². The summed E-state index contributed by atoms with van der Waals surface area (Å²) in [6.45, 7) is 3.78. The minimum absolute atomic E-state index is 0.220. The number of hydrogen-bond acceptors (Lipinski definition) is 4. The molecule has 2 aromatic heterocycles. The summed E-state index contributed by atoms with van der Waals surface area (Å²) in [6, 6.07) is 10.1. The average Bonchev–Trinajstić information content (AvgIpc) is 2.94. The molecule has 6 nitrogen and oxygen atoms in total.